The number of furan rings is 1. The molecule has 0 spiro atoms. The number of carboxylic acids is 1. The molecule has 0 bridgehead atoms. The minimum Gasteiger partial charge on any atom is -0.475 e. The summed E-state index contributed by atoms with van der Waals surface area (Å²) in [5, 5.41) is 8.65. The van der Waals surface area contributed by atoms with Crippen LogP contribution in [0.25, 0.3) is 0 Å². The summed E-state index contributed by atoms with van der Waals surface area (Å²) >= 11 is 0. The highest BCUT2D eigenvalue weighted by molar-refractivity contribution is 5.84. The zero-order chi connectivity index (χ0) is 13.2. The summed E-state index contributed by atoms with van der Waals surface area (Å²) in [6, 6.07) is 3.01. The first-order valence-electron chi connectivity index (χ1n) is 5.70. The summed E-state index contributed by atoms with van der Waals surface area (Å²) < 4.78 is 20.4. The SMILES string of the molecule is COCCOCCCOCc1ccc(C(=O)O)o1. The summed E-state index contributed by atoms with van der Waals surface area (Å²) in [5.74, 6) is -0.642. The monoisotopic (exact) mass is 258 g/mol. The number of carboxylic acid groups (broad SMARTS) is 1. The third kappa shape index (κ3) is 5.81. The van der Waals surface area contributed by atoms with Crippen LogP contribution in [0.3, 0.4) is 0 Å². The Morgan fingerprint density at radius 1 is 1.22 bits per heavy atom. The van der Waals surface area contributed by atoms with Crippen LogP contribution in [-0.4, -0.2) is 44.6 Å². The maximum absolute atomic E-state index is 10.6. The molecular weight excluding hydrogens is 240 g/mol. The Kier molecular flexibility index (Phi) is 7.09. The van der Waals surface area contributed by atoms with Gasteiger partial charge in [-0.2, -0.15) is 0 Å². The zero-order valence-electron chi connectivity index (χ0n) is 10.4. The van der Waals surface area contributed by atoms with Crippen molar-refractivity contribution in [2.45, 2.75) is 13.0 Å². The average Bonchev–Trinajstić information content (AvgIpc) is 2.81. The highest BCUT2D eigenvalue weighted by Crippen LogP contribution is 2.08. The van der Waals surface area contributed by atoms with Crippen molar-refractivity contribution in [3.05, 3.63) is 23.7 Å². The molecule has 1 rings (SSSR count). The van der Waals surface area contributed by atoms with E-state index in [0.717, 1.165) is 6.42 Å². The number of ether oxygens (including phenoxy) is 3. The van der Waals surface area contributed by atoms with Gasteiger partial charge in [0, 0.05) is 20.3 Å². The van der Waals surface area contributed by atoms with E-state index < -0.39 is 5.97 Å². The molecule has 0 aliphatic rings. The molecule has 1 aromatic rings. The lowest BCUT2D eigenvalue weighted by Crippen LogP contribution is -2.05. The molecule has 0 amide bonds. The Balaban J connectivity index is 2.02. The average molecular weight is 258 g/mol. The minimum absolute atomic E-state index is 0.0727. The third-order valence-corrected chi connectivity index (χ3v) is 2.13. The molecule has 1 N–H and O–H groups in total. The summed E-state index contributed by atoms with van der Waals surface area (Å²) in [7, 11) is 1.63. The van der Waals surface area contributed by atoms with Crippen molar-refractivity contribution in [1.82, 2.24) is 0 Å². The van der Waals surface area contributed by atoms with Gasteiger partial charge in [0.15, 0.2) is 0 Å². The molecule has 0 unspecified atom stereocenters. The predicted octanol–water partition coefficient (Wildman–Crippen LogP) is 1.55. The van der Waals surface area contributed by atoms with E-state index in [9.17, 15) is 4.79 Å². The van der Waals surface area contributed by atoms with Crippen LogP contribution in [-0.2, 0) is 20.8 Å². The fourth-order valence-corrected chi connectivity index (χ4v) is 1.25. The number of carbonyl (C=O) groups is 1. The first-order chi connectivity index (χ1) is 8.74. The second-order valence-corrected chi connectivity index (χ2v) is 3.58. The van der Waals surface area contributed by atoms with Crippen molar-refractivity contribution in [2.24, 2.45) is 0 Å². The highest BCUT2D eigenvalue weighted by atomic mass is 16.5. The third-order valence-electron chi connectivity index (χ3n) is 2.13. The predicted molar refractivity (Wildman–Crippen MR) is 62.6 cm³/mol. The van der Waals surface area contributed by atoms with Gasteiger partial charge < -0.3 is 23.7 Å². The lowest BCUT2D eigenvalue weighted by molar-refractivity contribution is 0.0446. The smallest absolute Gasteiger partial charge is 0.371 e. The first-order valence-corrected chi connectivity index (χ1v) is 5.70. The number of methoxy groups -OCH3 is 1. The van der Waals surface area contributed by atoms with Gasteiger partial charge >= 0.3 is 5.97 Å². The zero-order valence-corrected chi connectivity index (χ0v) is 10.4. The van der Waals surface area contributed by atoms with Crippen LogP contribution in [0.2, 0.25) is 0 Å². The van der Waals surface area contributed by atoms with Crippen LogP contribution in [0.4, 0.5) is 0 Å². The van der Waals surface area contributed by atoms with Gasteiger partial charge in [0.2, 0.25) is 5.76 Å². The molecule has 18 heavy (non-hydrogen) atoms. The van der Waals surface area contributed by atoms with E-state index >= 15 is 0 Å². The molecule has 0 radical (unpaired) electrons. The number of hydrogen-bond acceptors (Lipinski definition) is 5. The summed E-state index contributed by atoms with van der Waals surface area (Å²) in [6.45, 7) is 2.59. The number of rotatable bonds is 10. The van der Waals surface area contributed by atoms with Gasteiger partial charge in [-0.3, -0.25) is 0 Å². The largest absolute Gasteiger partial charge is 0.475 e. The highest BCUT2D eigenvalue weighted by Gasteiger charge is 2.08. The lowest BCUT2D eigenvalue weighted by Gasteiger charge is -2.04. The standard InChI is InChI=1S/C12H18O6/c1-15-7-8-16-5-2-6-17-9-10-3-4-11(18-10)12(13)14/h3-4H,2,5-9H2,1H3,(H,13,14). The molecule has 0 aliphatic carbocycles. The van der Waals surface area contributed by atoms with Gasteiger partial charge in [-0.1, -0.05) is 0 Å². The molecule has 0 saturated carbocycles. The minimum atomic E-state index is -1.08. The molecule has 0 atom stereocenters. The van der Waals surface area contributed by atoms with Crippen LogP contribution < -0.4 is 0 Å². The quantitative estimate of drug-likeness (QED) is 0.641. The van der Waals surface area contributed by atoms with E-state index in [1.165, 1.54) is 6.07 Å². The van der Waals surface area contributed by atoms with Crippen LogP contribution >= 0.6 is 0 Å². The molecule has 0 aromatic carbocycles. The van der Waals surface area contributed by atoms with Crippen LogP contribution in [0.5, 0.6) is 0 Å². The van der Waals surface area contributed by atoms with Crippen LogP contribution in [0, 0.1) is 0 Å². The Bertz CT molecular complexity index is 346. The van der Waals surface area contributed by atoms with E-state index in [-0.39, 0.29) is 12.4 Å². The maximum Gasteiger partial charge on any atom is 0.371 e. The summed E-state index contributed by atoms with van der Waals surface area (Å²) in [4.78, 5) is 10.6. The number of hydrogen-bond donors (Lipinski definition) is 1. The maximum atomic E-state index is 10.6. The molecule has 102 valence electrons. The van der Waals surface area contributed by atoms with E-state index in [2.05, 4.69) is 0 Å². The number of aromatic carboxylic acids is 1. The molecule has 1 heterocycles. The van der Waals surface area contributed by atoms with Gasteiger partial charge in [0.05, 0.1) is 13.2 Å². The fraction of sp³-hybridized carbons (Fsp3) is 0.583. The van der Waals surface area contributed by atoms with Crippen molar-refractivity contribution >= 4 is 5.97 Å². The lowest BCUT2D eigenvalue weighted by atomic mass is 10.4. The van der Waals surface area contributed by atoms with Crippen LogP contribution in [0.15, 0.2) is 16.5 Å². The Hall–Kier alpha value is -1.37. The molecule has 6 heteroatoms. The fourth-order valence-electron chi connectivity index (χ4n) is 1.25. The van der Waals surface area contributed by atoms with Crippen molar-refractivity contribution < 1.29 is 28.5 Å². The van der Waals surface area contributed by atoms with Crippen molar-refractivity contribution in [3.63, 3.8) is 0 Å². The van der Waals surface area contributed by atoms with E-state index in [4.69, 9.17) is 23.7 Å². The topological polar surface area (TPSA) is 78.1 Å². The van der Waals surface area contributed by atoms with Gasteiger partial charge in [0.1, 0.15) is 12.4 Å². The van der Waals surface area contributed by atoms with E-state index in [0.29, 0.717) is 32.2 Å². The second-order valence-electron chi connectivity index (χ2n) is 3.58. The van der Waals surface area contributed by atoms with Gasteiger partial charge in [-0.15, -0.1) is 0 Å². The van der Waals surface area contributed by atoms with E-state index in [1.54, 1.807) is 13.2 Å². The van der Waals surface area contributed by atoms with Crippen molar-refractivity contribution in [3.8, 4) is 0 Å². The van der Waals surface area contributed by atoms with Crippen molar-refractivity contribution in [2.75, 3.05) is 33.5 Å². The molecule has 0 aliphatic heterocycles. The Morgan fingerprint density at radius 2 is 2.00 bits per heavy atom. The van der Waals surface area contributed by atoms with Gasteiger partial charge in [0.25, 0.3) is 0 Å². The summed E-state index contributed by atoms with van der Waals surface area (Å²) in [6.07, 6.45) is 0.774. The van der Waals surface area contributed by atoms with Gasteiger partial charge in [-0.05, 0) is 18.6 Å². The molecule has 6 nitrogen and oxygen atoms in total. The summed E-state index contributed by atoms with van der Waals surface area (Å²) in [5.41, 5.74) is 0. The van der Waals surface area contributed by atoms with Gasteiger partial charge in [-0.25, -0.2) is 4.79 Å². The van der Waals surface area contributed by atoms with Crippen LogP contribution in [0.1, 0.15) is 22.7 Å². The van der Waals surface area contributed by atoms with E-state index in [1.807, 2.05) is 0 Å². The second kappa shape index (κ2) is 8.68. The molecule has 0 fully saturated rings. The van der Waals surface area contributed by atoms with Crippen molar-refractivity contribution in [1.29, 1.82) is 0 Å². The Morgan fingerprint density at radius 3 is 2.67 bits per heavy atom. The molecule has 0 saturated heterocycles. The molecule has 1 aromatic heterocycles. The normalized spacial score (nSPS) is 10.7. The Labute approximate surface area is 105 Å². The first kappa shape index (κ1) is 14.7. The molecular formula is C12H18O6.